The predicted molar refractivity (Wildman–Crippen MR) is 86.7 cm³/mol. The maximum absolute atomic E-state index is 12.1. The molecule has 0 spiro atoms. The van der Waals surface area contributed by atoms with Crippen molar-refractivity contribution in [3.05, 3.63) is 35.7 Å². The molecule has 2 aromatic rings. The number of rotatable bonds is 6. The largest absolute Gasteiger partial charge is 0.465 e. The molecule has 9 heteroatoms. The van der Waals surface area contributed by atoms with E-state index < -0.39 is 5.97 Å². The van der Waals surface area contributed by atoms with Crippen LogP contribution < -0.4 is 11.2 Å². The van der Waals surface area contributed by atoms with Crippen molar-refractivity contribution >= 4 is 29.3 Å². The monoisotopic (exact) mass is 335 g/mol. The van der Waals surface area contributed by atoms with Gasteiger partial charge in [-0.1, -0.05) is 30.8 Å². The van der Waals surface area contributed by atoms with Crippen molar-refractivity contribution in [3.63, 3.8) is 0 Å². The van der Waals surface area contributed by atoms with Gasteiger partial charge in [-0.25, -0.2) is 9.47 Å². The standard InChI is InChI=1S/C14H17N5O3S/c1-3-11-17-18-14(19(11)15)23-8-12(20)16-10-7-5-4-6-9(10)13(21)22-2/h4-7H,3,8,15H2,1-2H3,(H,16,20). The average Bonchev–Trinajstić information content (AvgIpc) is 2.92. The van der Waals surface area contributed by atoms with Gasteiger partial charge < -0.3 is 15.9 Å². The van der Waals surface area contributed by atoms with Gasteiger partial charge in [-0.2, -0.15) is 0 Å². The number of amides is 1. The third-order valence-corrected chi connectivity index (χ3v) is 3.93. The number of aryl methyl sites for hydroxylation is 1. The van der Waals surface area contributed by atoms with Crippen molar-refractivity contribution in [2.45, 2.75) is 18.5 Å². The Balaban J connectivity index is 2.00. The maximum atomic E-state index is 12.1. The summed E-state index contributed by atoms with van der Waals surface area (Å²) in [6.07, 6.45) is 0.656. The molecule has 0 fully saturated rings. The van der Waals surface area contributed by atoms with Crippen LogP contribution in [0, 0.1) is 0 Å². The van der Waals surface area contributed by atoms with Crippen LogP contribution in [0.3, 0.4) is 0 Å². The van der Waals surface area contributed by atoms with Gasteiger partial charge in [-0.3, -0.25) is 4.79 Å². The minimum absolute atomic E-state index is 0.0918. The number of para-hydroxylation sites is 1. The summed E-state index contributed by atoms with van der Waals surface area (Å²) in [5.41, 5.74) is 0.692. The Labute approximate surface area is 137 Å². The van der Waals surface area contributed by atoms with E-state index in [1.54, 1.807) is 24.3 Å². The second-order valence-electron chi connectivity index (χ2n) is 4.50. The summed E-state index contributed by atoms with van der Waals surface area (Å²) in [5, 5.41) is 11.0. The molecule has 0 aliphatic rings. The molecule has 122 valence electrons. The summed E-state index contributed by atoms with van der Waals surface area (Å²) in [6, 6.07) is 6.63. The number of nitrogens with two attached hydrogens (primary N) is 1. The molecule has 0 aliphatic carbocycles. The highest BCUT2D eigenvalue weighted by molar-refractivity contribution is 7.99. The molecule has 2 rings (SSSR count). The maximum Gasteiger partial charge on any atom is 0.339 e. The second kappa shape index (κ2) is 7.63. The van der Waals surface area contributed by atoms with E-state index in [2.05, 4.69) is 20.3 Å². The van der Waals surface area contributed by atoms with E-state index in [-0.39, 0.29) is 11.7 Å². The van der Waals surface area contributed by atoms with E-state index in [1.165, 1.54) is 23.5 Å². The zero-order chi connectivity index (χ0) is 16.8. The number of anilines is 1. The van der Waals surface area contributed by atoms with E-state index in [0.717, 1.165) is 0 Å². The lowest BCUT2D eigenvalue weighted by Crippen LogP contribution is -2.18. The molecular formula is C14H17N5O3S. The summed E-state index contributed by atoms with van der Waals surface area (Å²) >= 11 is 1.17. The molecule has 1 amide bonds. The number of ether oxygens (including phenoxy) is 1. The molecule has 0 unspecified atom stereocenters. The number of carbonyl (C=O) groups is 2. The lowest BCUT2D eigenvalue weighted by molar-refractivity contribution is -0.113. The topological polar surface area (TPSA) is 112 Å². The molecule has 8 nitrogen and oxygen atoms in total. The Kier molecular flexibility index (Phi) is 5.58. The predicted octanol–water partition coefficient (Wildman–Crippen LogP) is 1.07. The summed E-state index contributed by atoms with van der Waals surface area (Å²) < 4.78 is 6.05. The molecule has 0 saturated carbocycles. The molecule has 0 aliphatic heterocycles. The van der Waals surface area contributed by atoms with Gasteiger partial charge >= 0.3 is 5.97 Å². The molecule has 23 heavy (non-hydrogen) atoms. The summed E-state index contributed by atoms with van der Waals surface area (Å²) in [4.78, 5) is 23.7. The molecule has 3 N–H and O–H groups in total. The highest BCUT2D eigenvalue weighted by Gasteiger charge is 2.15. The number of esters is 1. The first-order chi connectivity index (χ1) is 11.1. The molecule has 1 aromatic heterocycles. The number of benzene rings is 1. The highest BCUT2D eigenvalue weighted by Crippen LogP contribution is 2.18. The van der Waals surface area contributed by atoms with Crippen molar-refractivity contribution in [1.82, 2.24) is 14.9 Å². The zero-order valence-electron chi connectivity index (χ0n) is 12.8. The first kappa shape index (κ1) is 16.8. The number of thioether (sulfide) groups is 1. The van der Waals surface area contributed by atoms with Gasteiger partial charge in [0.05, 0.1) is 24.1 Å². The number of nitrogens with one attached hydrogen (secondary N) is 1. The van der Waals surface area contributed by atoms with Gasteiger partial charge in [-0.05, 0) is 12.1 Å². The average molecular weight is 335 g/mol. The number of methoxy groups -OCH3 is 1. The number of carbonyl (C=O) groups excluding carboxylic acids is 2. The fourth-order valence-corrected chi connectivity index (χ4v) is 2.52. The van der Waals surface area contributed by atoms with Crippen LogP contribution in [0.15, 0.2) is 29.4 Å². The van der Waals surface area contributed by atoms with Gasteiger partial charge in [0.1, 0.15) is 0 Å². The fourth-order valence-electron chi connectivity index (χ4n) is 1.84. The van der Waals surface area contributed by atoms with Gasteiger partial charge in [0.2, 0.25) is 11.1 Å². The molecule has 0 radical (unpaired) electrons. The molecule has 0 saturated heterocycles. The Morgan fingerprint density at radius 3 is 2.74 bits per heavy atom. The van der Waals surface area contributed by atoms with Crippen molar-refractivity contribution in [3.8, 4) is 0 Å². The summed E-state index contributed by atoms with van der Waals surface area (Å²) in [6.45, 7) is 1.91. The summed E-state index contributed by atoms with van der Waals surface area (Å²) in [5.74, 6) is 5.75. The normalized spacial score (nSPS) is 10.3. The zero-order valence-corrected chi connectivity index (χ0v) is 13.6. The number of hydrogen-bond donors (Lipinski definition) is 2. The Morgan fingerprint density at radius 2 is 2.09 bits per heavy atom. The van der Waals surface area contributed by atoms with Crippen molar-refractivity contribution in [2.75, 3.05) is 24.0 Å². The number of nitrogens with zero attached hydrogens (tertiary/aromatic N) is 3. The Hall–Kier alpha value is -2.55. The smallest absolute Gasteiger partial charge is 0.339 e. The quantitative estimate of drug-likeness (QED) is 0.461. The van der Waals surface area contributed by atoms with Crippen LogP contribution in [0.2, 0.25) is 0 Å². The van der Waals surface area contributed by atoms with Gasteiger partial charge in [0.15, 0.2) is 5.82 Å². The lowest BCUT2D eigenvalue weighted by atomic mass is 10.2. The second-order valence-corrected chi connectivity index (χ2v) is 5.44. The van der Waals surface area contributed by atoms with Crippen molar-refractivity contribution in [1.29, 1.82) is 0 Å². The van der Waals surface area contributed by atoms with Crippen LogP contribution in [0.25, 0.3) is 0 Å². The molecule has 0 bridgehead atoms. The number of nitrogen functional groups attached to an aromatic ring is 1. The van der Waals surface area contributed by atoms with Crippen molar-refractivity contribution in [2.24, 2.45) is 0 Å². The van der Waals surface area contributed by atoms with Crippen LogP contribution in [0.4, 0.5) is 5.69 Å². The first-order valence-electron chi connectivity index (χ1n) is 6.86. The Bertz CT molecular complexity index is 716. The van der Waals surface area contributed by atoms with Crippen molar-refractivity contribution < 1.29 is 14.3 Å². The third-order valence-electron chi connectivity index (χ3n) is 2.99. The minimum Gasteiger partial charge on any atom is -0.465 e. The minimum atomic E-state index is -0.511. The highest BCUT2D eigenvalue weighted by atomic mass is 32.2. The van der Waals surface area contributed by atoms with E-state index in [9.17, 15) is 9.59 Å². The van der Waals surface area contributed by atoms with E-state index in [4.69, 9.17) is 5.84 Å². The Morgan fingerprint density at radius 1 is 1.35 bits per heavy atom. The van der Waals surface area contributed by atoms with Crippen LogP contribution in [-0.2, 0) is 16.0 Å². The number of hydrogen-bond acceptors (Lipinski definition) is 7. The van der Waals surface area contributed by atoms with Gasteiger partial charge in [-0.15, -0.1) is 10.2 Å². The third kappa shape index (κ3) is 4.01. The summed E-state index contributed by atoms with van der Waals surface area (Å²) in [7, 11) is 1.29. The van der Waals surface area contributed by atoms with Gasteiger partial charge in [0, 0.05) is 6.42 Å². The molecular weight excluding hydrogens is 318 g/mol. The lowest BCUT2D eigenvalue weighted by Gasteiger charge is -2.09. The molecule has 1 heterocycles. The van der Waals surface area contributed by atoms with Crippen LogP contribution >= 0.6 is 11.8 Å². The van der Waals surface area contributed by atoms with Gasteiger partial charge in [0.25, 0.3) is 0 Å². The molecule has 0 atom stereocenters. The van der Waals surface area contributed by atoms with Crippen LogP contribution in [0.5, 0.6) is 0 Å². The first-order valence-corrected chi connectivity index (χ1v) is 7.84. The van der Waals surface area contributed by atoms with E-state index >= 15 is 0 Å². The number of aromatic nitrogens is 3. The van der Waals surface area contributed by atoms with E-state index in [0.29, 0.717) is 28.7 Å². The van der Waals surface area contributed by atoms with Crippen LogP contribution in [0.1, 0.15) is 23.1 Å². The SMILES string of the molecule is CCc1nnc(SCC(=O)Nc2ccccc2C(=O)OC)n1N. The van der Waals surface area contributed by atoms with E-state index in [1.807, 2.05) is 6.92 Å². The molecule has 1 aromatic carbocycles. The fraction of sp³-hybridized carbons (Fsp3) is 0.286. The van der Waals surface area contributed by atoms with Crippen LogP contribution in [-0.4, -0.2) is 39.6 Å².